The number of piperidine rings is 1. The van der Waals surface area contributed by atoms with E-state index >= 15 is 0 Å². The van der Waals surface area contributed by atoms with E-state index in [1.807, 2.05) is 12.5 Å². The van der Waals surface area contributed by atoms with Gasteiger partial charge in [-0.3, -0.25) is 4.90 Å². The molecule has 1 unspecified atom stereocenters. The quantitative estimate of drug-likeness (QED) is 0.862. The van der Waals surface area contributed by atoms with Gasteiger partial charge in [0.2, 0.25) is 0 Å². The monoisotopic (exact) mass is 248 g/mol. The highest BCUT2D eigenvalue weighted by Crippen LogP contribution is 2.35. The number of hydrogen-bond acceptors (Lipinski definition) is 3. The second-order valence-electron chi connectivity index (χ2n) is 5.87. The summed E-state index contributed by atoms with van der Waals surface area (Å²) >= 11 is 0. The molecule has 2 aliphatic rings. The van der Waals surface area contributed by atoms with Crippen molar-refractivity contribution in [1.29, 1.82) is 0 Å². The van der Waals surface area contributed by atoms with Crippen molar-refractivity contribution in [2.24, 2.45) is 0 Å². The van der Waals surface area contributed by atoms with Crippen LogP contribution in [-0.2, 0) is 6.54 Å². The van der Waals surface area contributed by atoms with E-state index in [1.54, 1.807) is 0 Å². The Labute approximate surface area is 109 Å². The number of rotatable bonds is 5. The number of imidazole rings is 1. The maximum absolute atomic E-state index is 4.30. The summed E-state index contributed by atoms with van der Waals surface area (Å²) in [5.41, 5.74) is 1.37. The van der Waals surface area contributed by atoms with E-state index in [-0.39, 0.29) is 0 Å². The van der Waals surface area contributed by atoms with Crippen LogP contribution >= 0.6 is 0 Å². The molecular weight excluding hydrogens is 224 g/mol. The minimum atomic E-state index is 0.682. The molecule has 1 aliphatic carbocycles. The summed E-state index contributed by atoms with van der Waals surface area (Å²) in [5.74, 6) is 0. The van der Waals surface area contributed by atoms with Gasteiger partial charge < -0.3 is 9.88 Å². The number of nitrogens with zero attached hydrogens (tertiary/aromatic N) is 3. The van der Waals surface area contributed by atoms with Crippen molar-refractivity contribution in [2.75, 3.05) is 20.1 Å². The van der Waals surface area contributed by atoms with Crippen LogP contribution in [-0.4, -0.2) is 40.6 Å². The molecule has 1 aliphatic heterocycles. The van der Waals surface area contributed by atoms with Crippen molar-refractivity contribution < 1.29 is 0 Å². The molecule has 3 rings (SSSR count). The van der Waals surface area contributed by atoms with E-state index in [9.17, 15) is 0 Å². The minimum absolute atomic E-state index is 0.682. The van der Waals surface area contributed by atoms with Gasteiger partial charge >= 0.3 is 0 Å². The van der Waals surface area contributed by atoms with E-state index in [2.05, 4.69) is 26.8 Å². The first-order chi connectivity index (χ1) is 8.83. The first-order valence-electron chi connectivity index (χ1n) is 7.25. The van der Waals surface area contributed by atoms with Gasteiger partial charge in [-0.05, 0) is 39.3 Å². The van der Waals surface area contributed by atoms with Crippen molar-refractivity contribution in [3.8, 4) is 0 Å². The molecule has 0 bridgehead atoms. The molecule has 18 heavy (non-hydrogen) atoms. The van der Waals surface area contributed by atoms with Crippen molar-refractivity contribution in [3.05, 3.63) is 18.2 Å². The summed E-state index contributed by atoms with van der Waals surface area (Å²) in [6, 6.07) is 1.42. The Morgan fingerprint density at radius 3 is 3.00 bits per heavy atom. The molecule has 0 radical (unpaired) electrons. The average molecular weight is 248 g/mol. The fourth-order valence-corrected chi connectivity index (χ4v) is 2.93. The summed E-state index contributed by atoms with van der Waals surface area (Å²) in [5, 5.41) is 3.62. The first-order valence-corrected chi connectivity index (χ1v) is 7.25. The van der Waals surface area contributed by atoms with Crippen molar-refractivity contribution >= 4 is 0 Å². The van der Waals surface area contributed by atoms with Crippen molar-refractivity contribution in [2.45, 2.75) is 50.7 Å². The summed E-state index contributed by atoms with van der Waals surface area (Å²) in [6.07, 6.45) is 10.7. The second-order valence-corrected chi connectivity index (χ2v) is 5.87. The highest BCUT2D eigenvalue weighted by atomic mass is 15.2. The molecule has 1 N–H and O–H groups in total. The lowest BCUT2D eigenvalue weighted by atomic mass is 10.0. The Bertz CT molecular complexity index is 377. The SMILES string of the molecule is CN(Cc1cncn1C1CC1)CC1CCCCN1. The van der Waals surface area contributed by atoms with Gasteiger partial charge in [-0.25, -0.2) is 4.98 Å². The van der Waals surface area contributed by atoms with Crippen LogP contribution in [0.2, 0.25) is 0 Å². The summed E-state index contributed by atoms with van der Waals surface area (Å²) < 4.78 is 2.37. The molecule has 1 aromatic heterocycles. The van der Waals surface area contributed by atoms with Crippen LogP contribution in [0.3, 0.4) is 0 Å². The van der Waals surface area contributed by atoms with E-state index in [4.69, 9.17) is 0 Å². The fraction of sp³-hybridized carbons (Fsp3) is 0.786. The molecule has 2 fully saturated rings. The van der Waals surface area contributed by atoms with Crippen LogP contribution in [0.5, 0.6) is 0 Å². The zero-order valence-corrected chi connectivity index (χ0v) is 11.3. The lowest BCUT2D eigenvalue weighted by Gasteiger charge is -2.28. The molecule has 0 amide bonds. The lowest BCUT2D eigenvalue weighted by Crippen LogP contribution is -2.42. The van der Waals surface area contributed by atoms with Gasteiger partial charge in [-0.2, -0.15) is 0 Å². The number of likely N-dealkylation sites (N-methyl/N-ethyl adjacent to an activating group) is 1. The van der Waals surface area contributed by atoms with E-state index < -0.39 is 0 Å². The fourth-order valence-electron chi connectivity index (χ4n) is 2.93. The van der Waals surface area contributed by atoms with Gasteiger partial charge in [0.25, 0.3) is 0 Å². The summed E-state index contributed by atoms with van der Waals surface area (Å²) in [6.45, 7) is 3.36. The molecule has 1 atom stereocenters. The van der Waals surface area contributed by atoms with Crippen molar-refractivity contribution in [1.82, 2.24) is 19.8 Å². The van der Waals surface area contributed by atoms with E-state index in [0.717, 1.165) is 19.1 Å². The summed E-state index contributed by atoms with van der Waals surface area (Å²) in [4.78, 5) is 6.73. The molecule has 100 valence electrons. The molecule has 1 aromatic rings. The third-order valence-electron chi connectivity index (χ3n) is 4.06. The van der Waals surface area contributed by atoms with Gasteiger partial charge in [0, 0.05) is 31.4 Å². The number of nitrogens with one attached hydrogen (secondary N) is 1. The van der Waals surface area contributed by atoms with Crippen molar-refractivity contribution in [3.63, 3.8) is 0 Å². The Balaban J connectivity index is 1.53. The highest BCUT2D eigenvalue weighted by molar-refractivity contribution is 5.03. The average Bonchev–Trinajstić information content (AvgIpc) is 3.12. The van der Waals surface area contributed by atoms with E-state index in [0.29, 0.717) is 6.04 Å². The third kappa shape index (κ3) is 2.93. The largest absolute Gasteiger partial charge is 0.330 e. The molecule has 4 heteroatoms. The maximum Gasteiger partial charge on any atom is 0.0951 e. The number of hydrogen-bond donors (Lipinski definition) is 1. The molecule has 2 heterocycles. The Morgan fingerprint density at radius 2 is 2.28 bits per heavy atom. The Kier molecular flexibility index (Phi) is 3.66. The van der Waals surface area contributed by atoms with E-state index in [1.165, 1.54) is 44.3 Å². The predicted molar refractivity (Wildman–Crippen MR) is 72.5 cm³/mol. The zero-order valence-electron chi connectivity index (χ0n) is 11.3. The van der Waals surface area contributed by atoms with Crippen LogP contribution in [0.4, 0.5) is 0 Å². The van der Waals surface area contributed by atoms with Gasteiger partial charge in [-0.1, -0.05) is 6.42 Å². The highest BCUT2D eigenvalue weighted by Gasteiger charge is 2.25. The van der Waals surface area contributed by atoms with Gasteiger partial charge in [0.15, 0.2) is 0 Å². The molecule has 1 saturated carbocycles. The van der Waals surface area contributed by atoms with Crippen LogP contribution < -0.4 is 5.32 Å². The molecule has 0 aromatic carbocycles. The Morgan fingerprint density at radius 1 is 1.39 bits per heavy atom. The normalized spacial score (nSPS) is 24.7. The molecule has 0 spiro atoms. The maximum atomic E-state index is 4.30. The second kappa shape index (κ2) is 5.41. The van der Waals surface area contributed by atoms with Gasteiger partial charge in [0.05, 0.1) is 12.0 Å². The molecular formula is C14H24N4. The standard InChI is InChI=1S/C14H24N4/c1-17(9-12-4-2-3-7-16-12)10-14-8-15-11-18(14)13-5-6-13/h8,11-13,16H,2-7,9-10H2,1H3. The predicted octanol–water partition coefficient (Wildman–Crippen LogP) is 1.79. The molecule has 1 saturated heterocycles. The topological polar surface area (TPSA) is 33.1 Å². The number of aromatic nitrogens is 2. The first kappa shape index (κ1) is 12.2. The summed E-state index contributed by atoms with van der Waals surface area (Å²) in [7, 11) is 2.22. The lowest BCUT2D eigenvalue weighted by molar-refractivity contribution is 0.252. The minimum Gasteiger partial charge on any atom is -0.330 e. The van der Waals surface area contributed by atoms with Crippen LogP contribution in [0.15, 0.2) is 12.5 Å². The smallest absolute Gasteiger partial charge is 0.0951 e. The molecule has 4 nitrogen and oxygen atoms in total. The third-order valence-corrected chi connectivity index (χ3v) is 4.06. The zero-order chi connectivity index (χ0) is 12.4. The van der Waals surface area contributed by atoms with Gasteiger partial charge in [-0.15, -0.1) is 0 Å². The van der Waals surface area contributed by atoms with Crippen LogP contribution in [0.1, 0.15) is 43.8 Å². The Hall–Kier alpha value is -0.870. The van der Waals surface area contributed by atoms with Gasteiger partial charge in [0.1, 0.15) is 0 Å². The van der Waals surface area contributed by atoms with Crippen LogP contribution in [0, 0.1) is 0 Å². The van der Waals surface area contributed by atoms with Crippen LogP contribution in [0.25, 0.3) is 0 Å².